The highest BCUT2D eigenvalue weighted by atomic mass is 19.4. The first-order chi connectivity index (χ1) is 9.74. The van der Waals surface area contributed by atoms with Crippen LogP contribution in [-0.4, -0.2) is 60.0 Å². The second-order valence-electron chi connectivity index (χ2n) is 5.42. The monoisotopic (exact) mass is 310 g/mol. The molecule has 1 atom stereocenters. The Bertz CT molecular complexity index is 413. The van der Waals surface area contributed by atoms with E-state index in [2.05, 4.69) is 5.32 Å². The molecule has 120 valence electrons. The Hall–Kier alpha value is -1.51. The van der Waals surface area contributed by atoms with Crippen molar-refractivity contribution >= 4 is 12.0 Å². The molecule has 6 nitrogen and oxygen atoms in total. The normalized spacial score (nSPS) is 27.7. The standard InChI is InChI=1S/C12H17F3N2O4/c13-12(14,15)8-1-4-17(5-2-8)10(20)16-11(9(18)19)3-6-21-7-11/h8H,1-7H2,(H,16,20)(H,18,19). The number of likely N-dealkylation sites (tertiary alicyclic amines) is 1. The fraction of sp³-hybridized carbons (Fsp3) is 0.833. The van der Waals surface area contributed by atoms with E-state index >= 15 is 0 Å². The predicted molar refractivity (Wildman–Crippen MR) is 64.7 cm³/mol. The zero-order valence-corrected chi connectivity index (χ0v) is 11.3. The van der Waals surface area contributed by atoms with E-state index in [0.29, 0.717) is 0 Å². The molecule has 0 spiro atoms. The lowest BCUT2D eigenvalue weighted by molar-refractivity contribution is -0.183. The van der Waals surface area contributed by atoms with Gasteiger partial charge >= 0.3 is 18.2 Å². The number of carbonyl (C=O) groups excluding carboxylic acids is 1. The third-order valence-electron chi connectivity index (χ3n) is 4.02. The first-order valence-corrected chi connectivity index (χ1v) is 6.69. The summed E-state index contributed by atoms with van der Waals surface area (Å²) in [4.78, 5) is 24.5. The molecule has 0 aromatic heterocycles. The Morgan fingerprint density at radius 3 is 2.33 bits per heavy atom. The third-order valence-corrected chi connectivity index (χ3v) is 4.02. The van der Waals surface area contributed by atoms with Crippen molar-refractivity contribution in [2.24, 2.45) is 5.92 Å². The number of carbonyl (C=O) groups is 2. The summed E-state index contributed by atoms with van der Waals surface area (Å²) in [6.07, 6.45) is -4.42. The van der Waals surface area contributed by atoms with Crippen LogP contribution in [0, 0.1) is 5.92 Å². The Balaban J connectivity index is 1.92. The van der Waals surface area contributed by atoms with Crippen LogP contribution in [0.15, 0.2) is 0 Å². The number of ether oxygens (including phenoxy) is 1. The molecular weight excluding hydrogens is 293 g/mol. The third kappa shape index (κ3) is 3.39. The molecule has 2 fully saturated rings. The number of alkyl halides is 3. The number of carboxylic acid groups (broad SMARTS) is 1. The molecular formula is C12H17F3N2O4. The maximum atomic E-state index is 12.6. The van der Waals surface area contributed by atoms with Crippen LogP contribution in [0.4, 0.5) is 18.0 Å². The molecule has 2 heterocycles. The Morgan fingerprint density at radius 2 is 1.90 bits per heavy atom. The molecule has 0 aromatic rings. The van der Waals surface area contributed by atoms with Crippen molar-refractivity contribution in [1.82, 2.24) is 10.2 Å². The Kier molecular flexibility index (Phi) is 4.31. The van der Waals surface area contributed by atoms with Gasteiger partial charge in [0.05, 0.1) is 12.5 Å². The van der Waals surface area contributed by atoms with Crippen molar-refractivity contribution < 1.29 is 32.6 Å². The molecule has 9 heteroatoms. The molecule has 21 heavy (non-hydrogen) atoms. The molecule has 0 aliphatic carbocycles. The highest BCUT2D eigenvalue weighted by Gasteiger charge is 2.46. The highest BCUT2D eigenvalue weighted by molar-refractivity contribution is 5.86. The molecule has 0 aromatic carbocycles. The van der Waals surface area contributed by atoms with Crippen molar-refractivity contribution in [1.29, 1.82) is 0 Å². The molecule has 2 aliphatic heterocycles. The van der Waals surface area contributed by atoms with E-state index in [4.69, 9.17) is 4.74 Å². The second-order valence-corrected chi connectivity index (χ2v) is 5.42. The van der Waals surface area contributed by atoms with Crippen molar-refractivity contribution in [3.8, 4) is 0 Å². The van der Waals surface area contributed by atoms with Gasteiger partial charge in [0.25, 0.3) is 0 Å². The van der Waals surface area contributed by atoms with E-state index in [1.165, 1.54) is 4.90 Å². The van der Waals surface area contributed by atoms with Gasteiger partial charge in [-0.15, -0.1) is 0 Å². The number of halogens is 3. The minimum Gasteiger partial charge on any atom is -0.479 e. The van der Waals surface area contributed by atoms with Crippen LogP contribution >= 0.6 is 0 Å². The van der Waals surface area contributed by atoms with E-state index < -0.39 is 29.6 Å². The molecule has 2 N–H and O–H groups in total. The van der Waals surface area contributed by atoms with Gasteiger partial charge in [0, 0.05) is 26.1 Å². The molecule has 1 unspecified atom stereocenters. The highest BCUT2D eigenvalue weighted by Crippen LogP contribution is 2.34. The lowest BCUT2D eigenvalue weighted by Gasteiger charge is -2.35. The number of hydrogen-bond donors (Lipinski definition) is 2. The van der Waals surface area contributed by atoms with Gasteiger partial charge in [-0.05, 0) is 12.8 Å². The molecule has 2 amide bonds. The van der Waals surface area contributed by atoms with Gasteiger partial charge in [-0.25, -0.2) is 9.59 Å². The summed E-state index contributed by atoms with van der Waals surface area (Å²) in [5, 5.41) is 11.6. The number of rotatable bonds is 2. The summed E-state index contributed by atoms with van der Waals surface area (Å²) in [5.41, 5.74) is -1.47. The van der Waals surface area contributed by atoms with Crippen LogP contribution in [-0.2, 0) is 9.53 Å². The topological polar surface area (TPSA) is 78.9 Å². The predicted octanol–water partition coefficient (Wildman–Crippen LogP) is 1.21. The van der Waals surface area contributed by atoms with Crippen molar-refractivity contribution in [3.63, 3.8) is 0 Å². The van der Waals surface area contributed by atoms with E-state index in [1.54, 1.807) is 0 Å². The minimum atomic E-state index is -4.25. The average molecular weight is 310 g/mol. The number of nitrogens with one attached hydrogen (secondary N) is 1. The molecule has 0 saturated carbocycles. The summed E-state index contributed by atoms with van der Waals surface area (Å²) >= 11 is 0. The number of amides is 2. The second kappa shape index (κ2) is 5.70. The lowest BCUT2D eigenvalue weighted by atomic mass is 9.96. The molecule has 2 rings (SSSR count). The molecule has 0 radical (unpaired) electrons. The van der Waals surface area contributed by atoms with Crippen LogP contribution < -0.4 is 5.32 Å². The first-order valence-electron chi connectivity index (χ1n) is 6.69. The number of carboxylic acids is 1. The van der Waals surface area contributed by atoms with Crippen LogP contribution in [0.3, 0.4) is 0 Å². The van der Waals surface area contributed by atoms with Gasteiger partial charge < -0.3 is 20.1 Å². The maximum absolute atomic E-state index is 12.6. The maximum Gasteiger partial charge on any atom is 0.391 e. The van der Waals surface area contributed by atoms with Crippen LogP contribution in [0.2, 0.25) is 0 Å². The number of aliphatic carboxylic acids is 1. The number of urea groups is 1. The van der Waals surface area contributed by atoms with E-state index in [0.717, 1.165) is 0 Å². The SMILES string of the molecule is O=C(NC1(C(=O)O)CCOC1)N1CCC(C(F)(F)F)CC1. The van der Waals surface area contributed by atoms with Gasteiger partial charge in [-0.3, -0.25) is 0 Å². The van der Waals surface area contributed by atoms with Crippen molar-refractivity contribution in [3.05, 3.63) is 0 Å². The summed E-state index contributed by atoms with van der Waals surface area (Å²) in [6.45, 7) is 0.0228. The Labute approximate surface area is 119 Å². The van der Waals surface area contributed by atoms with Gasteiger partial charge in [-0.2, -0.15) is 13.2 Å². The van der Waals surface area contributed by atoms with Crippen LogP contribution in [0.25, 0.3) is 0 Å². The number of piperidine rings is 1. The molecule has 2 aliphatic rings. The van der Waals surface area contributed by atoms with Gasteiger partial charge in [0.2, 0.25) is 0 Å². The number of nitrogens with zero attached hydrogens (tertiary/aromatic N) is 1. The van der Waals surface area contributed by atoms with Gasteiger partial charge in [-0.1, -0.05) is 0 Å². The zero-order valence-electron chi connectivity index (χ0n) is 11.3. The molecule has 0 bridgehead atoms. The van der Waals surface area contributed by atoms with Crippen LogP contribution in [0.1, 0.15) is 19.3 Å². The first kappa shape index (κ1) is 15.9. The Morgan fingerprint density at radius 1 is 1.29 bits per heavy atom. The smallest absolute Gasteiger partial charge is 0.391 e. The van der Waals surface area contributed by atoms with Gasteiger partial charge in [0.15, 0.2) is 5.54 Å². The quantitative estimate of drug-likeness (QED) is 0.803. The summed E-state index contributed by atoms with van der Waals surface area (Å²) < 4.78 is 42.7. The van der Waals surface area contributed by atoms with Gasteiger partial charge in [0.1, 0.15) is 0 Å². The fourth-order valence-electron chi connectivity index (χ4n) is 2.58. The van der Waals surface area contributed by atoms with Crippen molar-refractivity contribution in [2.75, 3.05) is 26.3 Å². The minimum absolute atomic E-state index is 0.0352. The summed E-state index contributed by atoms with van der Waals surface area (Å²) in [6, 6.07) is -0.650. The summed E-state index contributed by atoms with van der Waals surface area (Å²) in [5.74, 6) is -2.59. The van der Waals surface area contributed by atoms with Crippen molar-refractivity contribution in [2.45, 2.75) is 31.0 Å². The largest absolute Gasteiger partial charge is 0.479 e. The van der Waals surface area contributed by atoms with Crippen LogP contribution in [0.5, 0.6) is 0 Å². The average Bonchev–Trinajstić information content (AvgIpc) is 2.88. The van der Waals surface area contributed by atoms with E-state index in [-0.39, 0.29) is 45.6 Å². The van der Waals surface area contributed by atoms with E-state index in [9.17, 15) is 27.9 Å². The molecule has 2 saturated heterocycles. The zero-order chi connectivity index (χ0) is 15.7. The number of hydrogen-bond acceptors (Lipinski definition) is 3. The van der Waals surface area contributed by atoms with E-state index in [1.807, 2.05) is 0 Å². The fourth-order valence-corrected chi connectivity index (χ4v) is 2.58. The summed E-state index contributed by atoms with van der Waals surface area (Å²) in [7, 11) is 0. The lowest BCUT2D eigenvalue weighted by Crippen LogP contribution is -2.59.